The summed E-state index contributed by atoms with van der Waals surface area (Å²) in [6, 6.07) is 16.6. The number of likely N-dealkylation sites (N-methyl/N-ethyl adjacent to an activating group) is 1. The lowest BCUT2D eigenvalue weighted by Gasteiger charge is -2.16. The highest BCUT2D eigenvalue weighted by Crippen LogP contribution is 2.28. The fourth-order valence-corrected chi connectivity index (χ4v) is 2.71. The lowest BCUT2D eigenvalue weighted by molar-refractivity contribution is -0.137. The van der Waals surface area contributed by atoms with Crippen LogP contribution in [0.5, 0.6) is 5.75 Å². The quantitative estimate of drug-likeness (QED) is 0.622. The summed E-state index contributed by atoms with van der Waals surface area (Å²) in [7, 11) is 3.21. The SMILES string of the molecule is CC(OC(=O)c1oc2ccccc2c1COc1ccccc1)C(=O)N(C)C. The first-order chi connectivity index (χ1) is 13.0. The van der Waals surface area contributed by atoms with Crippen molar-refractivity contribution in [1.29, 1.82) is 0 Å². The van der Waals surface area contributed by atoms with Crippen LogP contribution >= 0.6 is 0 Å². The molecule has 0 radical (unpaired) electrons. The van der Waals surface area contributed by atoms with Gasteiger partial charge in [0.15, 0.2) is 6.10 Å². The molecule has 2 aromatic carbocycles. The highest BCUT2D eigenvalue weighted by molar-refractivity contribution is 5.97. The van der Waals surface area contributed by atoms with E-state index in [0.29, 0.717) is 16.9 Å². The van der Waals surface area contributed by atoms with E-state index in [0.717, 1.165) is 5.39 Å². The molecule has 3 rings (SSSR count). The van der Waals surface area contributed by atoms with Crippen LogP contribution in [0.25, 0.3) is 11.0 Å². The molecule has 1 aromatic heterocycles. The Balaban J connectivity index is 1.87. The molecule has 27 heavy (non-hydrogen) atoms. The Bertz CT molecular complexity index is 946. The van der Waals surface area contributed by atoms with E-state index in [2.05, 4.69) is 0 Å². The number of carbonyl (C=O) groups is 2. The number of furan rings is 1. The van der Waals surface area contributed by atoms with Gasteiger partial charge >= 0.3 is 5.97 Å². The van der Waals surface area contributed by atoms with Crippen LogP contribution in [0.2, 0.25) is 0 Å². The summed E-state index contributed by atoms with van der Waals surface area (Å²) >= 11 is 0. The molecule has 0 saturated carbocycles. The Morgan fingerprint density at radius 2 is 1.70 bits per heavy atom. The summed E-state index contributed by atoms with van der Waals surface area (Å²) in [5, 5.41) is 0.770. The average Bonchev–Trinajstić information content (AvgIpc) is 3.05. The number of rotatable bonds is 6. The van der Waals surface area contributed by atoms with Gasteiger partial charge in [0.25, 0.3) is 5.91 Å². The molecule has 0 bridgehead atoms. The third-order valence-corrected chi connectivity index (χ3v) is 4.08. The standard InChI is InChI=1S/C21H21NO5/c1-14(20(23)22(2)3)26-21(24)19-17(13-25-15-9-5-4-6-10-15)16-11-7-8-12-18(16)27-19/h4-12,14H,13H2,1-3H3. The summed E-state index contributed by atoms with van der Waals surface area (Å²) < 4.78 is 16.8. The summed E-state index contributed by atoms with van der Waals surface area (Å²) in [5.41, 5.74) is 1.15. The summed E-state index contributed by atoms with van der Waals surface area (Å²) in [6.07, 6.45) is -0.913. The van der Waals surface area contributed by atoms with Crippen LogP contribution in [0.4, 0.5) is 0 Å². The molecular weight excluding hydrogens is 346 g/mol. The second-order valence-electron chi connectivity index (χ2n) is 6.29. The molecule has 0 spiro atoms. The number of hydrogen-bond acceptors (Lipinski definition) is 5. The minimum atomic E-state index is -0.913. The monoisotopic (exact) mass is 367 g/mol. The van der Waals surface area contributed by atoms with Gasteiger partial charge in [-0.3, -0.25) is 4.79 Å². The van der Waals surface area contributed by atoms with E-state index in [-0.39, 0.29) is 18.3 Å². The first-order valence-corrected chi connectivity index (χ1v) is 8.57. The van der Waals surface area contributed by atoms with Crippen LogP contribution < -0.4 is 4.74 Å². The molecule has 0 N–H and O–H groups in total. The number of hydrogen-bond donors (Lipinski definition) is 0. The predicted molar refractivity (Wildman–Crippen MR) is 101 cm³/mol. The molecule has 0 aliphatic heterocycles. The van der Waals surface area contributed by atoms with Crippen molar-refractivity contribution in [3.05, 3.63) is 65.9 Å². The van der Waals surface area contributed by atoms with E-state index in [9.17, 15) is 9.59 Å². The summed E-state index contributed by atoms with van der Waals surface area (Å²) in [4.78, 5) is 26.0. The number of para-hydroxylation sites is 2. The Morgan fingerprint density at radius 3 is 2.41 bits per heavy atom. The van der Waals surface area contributed by atoms with Crippen molar-refractivity contribution >= 4 is 22.8 Å². The van der Waals surface area contributed by atoms with Crippen molar-refractivity contribution in [2.24, 2.45) is 0 Å². The number of amides is 1. The van der Waals surface area contributed by atoms with E-state index in [1.807, 2.05) is 48.5 Å². The van der Waals surface area contributed by atoms with E-state index in [1.165, 1.54) is 11.8 Å². The van der Waals surface area contributed by atoms with Gasteiger partial charge in [-0.2, -0.15) is 0 Å². The van der Waals surface area contributed by atoms with Gasteiger partial charge < -0.3 is 18.8 Å². The molecule has 3 aromatic rings. The zero-order valence-electron chi connectivity index (χ0n) is 15.5. The normalized spacial score (nSPS) is 11.8. The van der Waals surface area contributed by atoms with Crippen molar-refractivity contribution in [3.8, 4) is 5.75 Å². The lowest BCUT2D eigenvalue weighted by atomic mass is 10.1. The molecule has 6 nitrogen and oxygen atoms in total. The maximum atomic E-state index is 12.6. The summed E-state index contributed by atoms with van der Waals surface area (Å²) in [5.74, 6) is -0.272. The first kappa shape index (κ1) is 18.5. The number of benzene rings is 2. The van der Waals surface area contributed by atoms with Crippen LogP contribution in [-0.2, 0) is 16.1 Å². The smallest absolute Gasteiger partial charge is 0.375 e. The van der Waals surface area contributed by atoms with Crippen LogP contribution in [-0.4, -0.2) is 37.0 Å². The Morgan fingerprint density at radius 1 is 1.04 bits per heavy atom. The molecule has 140 valence electrons. The third kappa shape index (κ3) is 4.11. The molecule has 1 amide bonds. The number of fused-ring (bicyclic) bond motifs is 1. The van der Waals surface area contributed by atoms with Gasteiger partial charge in [0, 0.05) is 19.5 Å². The average molecular weight is 367 g/mol. The number of carbonyl (C=O) groups excluding carboxylic acids is 2. The van der Waals surface area contributed by atoms with Gasteiger partial charge in [0.1, 0.15) is 17.9 Å². The fraction of sp³-hybridized carbons (Fsp3) is 0.238. The van der Waals surface area contributed by atoms with Crippen molar-refractivity contribution in [1.82, 2.24) is 4.90 Å². The molecule has 0 aliphatic rings. The molecule has 0 fully saturated rings. The second-order valence-corrected chi connectivity index (χ2v) is 6.29. The Kier molecular flexibility index (Phi) is 5.45. The van der Waals surface area contributed by atoms with Gasteiger partial charge in [-0.05, 0) is 25.1 Å². The van der Waals surface area contributed by atoms with Gasteiger partial charge in [0.05, 0.1) is 5.56 Å². The zero-order valence-corrected chi connectivity index (χ0v) is 15.5. The minimum Gasteiger partial charge on any atom is -0.489 e. The van der Waals surface area contributed by atoms with Crippen molar-refractivity contribution in [2.45, 2.75) is 19.6 Å². The third-order valence-electron chi connectivity index (χ3n) is 4.08. The van der Waals surface area contributed by atoms with E-state index in [4.69, 9.17) is 13.9 Å². The van der Waals surface area contributed by atoms with Gasteiger partial charge in [-0.15, -0.1) is 0 Å². The maximum Gasteiger partial charge on any atom is 0.375 e. The minimum absolute atomic E-state index is 0.0468. The second kappa shape index (κ2) is 7.95. The van der Waals surface area contributed by atoms with Crippen molar-refractivity contribution in [3.63, 3.8) is 0 Å². The number of ether oxygens (including phenoxy) is 2. The Hall–Kier alpha value is -3.28. The van der Waals surface area contributed by atoms with Gasteiger partial charge in [-0.25, -0.2) is 4.79 Å². The summed E-state index contributed by atoms with van der Waals surface area (Å²) in [6.45, 7) is 1.67. The maximum absolute atomic E-state index is 12.6. The van der Waals surface area contributed by atoms with Gasteiger partial charge in [-0.1, -0.05) is 36.4 Å². The molecule has 0 aliphatic carbocycles. The molecule has 6 heteroatoms. The molecule has 1 unspecified atom stereocenters. The molecule has 1 atom stereocenters. The van der Waals surface area contributed by atoms with E-state index < -0.39 is 12.1 Å². The zero-order chi connectivity index (χ0) is 19.4. The lowest BCUT2D eigenvalue weighted by Crippen LogP contribution is -2.35. The largest absolute Gasteiger partial charge is 0.489 e. The molecular formula is C21H21NO5. The van der Waals surface area contributed by atoms with Gasteiger partial charge in [0.2, 0.25) is 5.76 Å². The van der Waals surface area contributed by atoms with E-state index in [1.54, 1.807) is 20.2 Å². The number of nitrogens with zero attached hydrogens (tertiary/aromatic N) is 1. The van der Waals surface area contributed by atoms with Crippen LogP contribution in [0.1, 0.15) is 23.0 Å². The first-order valence-electron chi connectivity index (χ1n) is 8.57. The van der Waals surface area contributed by atoms with Crippen LogP contribution in [0.15, 0.2) is 59.0 Å². The van der Waals surface area contributed by atoms with Crippen LogP contribution in [0.3, 0.4) is 0 Å². The topological polar surface area (TPSA) is 69.0 Å². The molecule has 0 saturated heterocycles. The highest BCUT2D eigenvalue weighted by Gasteiger charge is 2.26. The van der Waals surface area contributed by atoms with Crippen LogP contribution in [0, 0.1) is 0 Å². The Labute approximate surface area is 157 Å². The predicted octanol–water partition coefficient (Wildman–Crippen LogP) is 3.65. The van der Waals surface area contributed by atoms with Crippen molar-refractivity contribution < 1.29 is 23.5 Å². The van der Waals surface area contributed by atoms with E-state index >= 15 is 0 Å². The molecule has 1 heterocycles. The highest BCUT2D eigenvalue weighted by atomic mass is 16.6. The number of esters is 1. The fourth-order valence-electron chi connectivity index (χ4n) is 2.71. The van der Waals surface area contributed by atoms with Crippen molar-refractivity contribution in [2.75, 3.05) is 14.1 Å².